The molecule has 12 aromatic rings. The van der Waals surface area contributed by atoms with Crippen molar-refractivity contribution in [3.05, 3.63) is 194 Å². The molecule has 0 atom stereocenters. The SMILES string of the molecule is Bc1c(B)c(-n2c3ccccc3c3ccc4c(c5ccccc5n4-c4ccc5ccccc5c4)c32)c(C#N)c(B)c1-c1nc(-c2ccccc2)nc(-c2ccc(-c3ccccc3)cc2)n1. The van der Waals surface area contributed by atoms with Crippen LogP contribution in [0.2, 0.25) is 0 Å². The van der Waals surface area contributed by atoms with Crippen LogP contribution >= 0.6 is 0 Å². The molecule has 300 valence electrons. The zero-order chi connectivity index (χ0) is 43.8. The minimum atomic E-state index is 0.533. The van der Waals surface area contributed by atoms with Crippen molar-refractivity contribution in [1.82, 2.24) is 24.1 Å². The van der Waals surface area contributed by atoms with Gasteiger partial charge in [0.05, 0.1) is 33.3 Å². The second-order valence-corrected chi connectivity index (χ2v) is 16.8. The molecule has 0 radical (unpaired) electrons. The topological polar surface area (TPSA) is 72.3 Å². The smallest absolute Gasteiger partial charge is 0.164 e. The number of hydrogen-bond donors (Lipinski definition) is 0. The lowest BCUT2D eigenvalue weighted by atomic mass is 9.69. The van der Waals surface area contributed by atoms with Gasteiger partial charge in [-0.2, -0.15) is 5.26 Å². The van der Waals surface area contributed by atoms with E-state index in [-0.39, 0.29) is 0 Å². The number of aromatic nitrogens is 5. The van der Waals surface area contributed by atoms with Crippen molar-refractivity contribution in [3.63, 3.8) is 0 Å². The number of hydrogen-bond acceptors (Lipinski definition) is 4. The monoisotopic (exact) mass is 826 g/mol. The van der Waals surface area contributed by atoms with Crippen LogP contribution in [-0.4, -0.2) is 47.6 Å². The van der Waals surface area contributed by atoms with E-state index < -0.39 is 0 Å². The van der Waals surface area contributed by atoms with Crippen LogP contribution in [0.25, 0.3) is 111 Å². The third-order valence-corrected chi connectivity index (χ3v) is 13.2. The van der Waals surface area contributed by atoms with E-state index in [0.29, 0.717) is 23.0 Å². The van der Waals surface area contributed by atoms with Crippen molar-refractivity contribution in [2.45, 2.75) is 0 Å². The quantitative estimate of drug-likeness (QED) is 0.158. The third-order valence-electron chi connectivity index (χ3n) is 13.2. The van der Waals surface area contributed by atoms with Gasteiger partial charge in [-0.05, 0) is 52.2 Å². The maximum atomic E-state index is 11.4. The van der Waals surface area contributed by atoms with E-state index in [9.17, 15) is 5.26 Å². The molecule has 3 aromatic heterocycles. The summed E-state index contributed by atoms with van der Waals surface area (Å²) in [6.07, 6.45) is 0. The van der Waals surface area contributed by atoms with Crippen LogP contribution in [0.4, 0.5) is 0 Å². The standard InChI is InChI=1S/C56H37B3N6/c57-49-43(32-60)53(51(59)50(58)48(49)56-62-54(36-16-5-2-6-17-36)61-55(63-56)37-25-23-35(24-26-37)33-13-3-1-4-14-33)65-44-21-11-9-19-40(44)41-29-30-46-47(52(41)65)42-20-10-12-22-45(42)64(46)39-28-27-34-15-7-8-18-38(34)31-39/h1-31H,57-59H2. The van der Waals surface area contributed by atoms with E-state index in [1.165, 1.54) is 10.8 Å². The summed E-state index contributed by atoms with van der Waals surface area (Å²) >= 11 is 0. The van der Waals surface area contributed by atoms with Crippen molar-refractivity contribution in [2.75, 3.05) is 0 Å². The van der Waals surface area contributed by atoms with Gasteiger partial charge in [-0.3, -0.25) is 0 Å². The zero-order valence-electron chi connectivity index (χ0n) is 36.1. The van der Waals surface area contributed by atoms with Crippen molar-refractivity contribution >= 4 is 94.3 Å². The van der Waals surface area contributed by atoms with Crippen LogP contribution in [0.1, 0.15) is 5.56 Å². The highest BCUT2D eigenvalue weighted by molar-refractivity contribution is 6.56. The molecule has 0 saturated heterocycles. The fourth-order valence-corrected chi connectivity index (χ4v) is 10.00. The molecule has 0 aliphatic heterocycles. The Balaban J connectivity index is 1.11. The first-order valence-electron chi connectivity index (χ1n) is 21.9. The number of benzene rings is 9. The highest BCUT2D eigenvalue weighted by Crippen LogP contribution is 2.42. The summed E-state index contributed by atoms with van der Waals surface area (Å²) in [5, 5.41) is 18.4. The predicted octanol–water partition coefficient (Wildman–Crippen LogP) is 8.53. The summed E-state index contributed by atoms with van der Waals surface area (Å²) in [7, 11) is 6.31. The molecule has 6 nitrogen and oxygen atoms in total. The highest BCUT2D eigenvalue weighted by Gasteiger charge is 2.27. The minimum absolute atomic E-state index is 0.533. The molecule has 0 bridgehead atoms. The molecule has 0 fully saturated rings. The molecule has 0 N–H and O–H groups in total. The van der Waals surface area contributed by atoms with Crippen LogP contribution in [0.3, 0.4) is 0 Å². The zero-order valence-corrected chi connectivity index (χ0v) is 36.1. The Labute approximate surface area is 378 Å². The van der Waals surface area contributed by atoms with Crippen LogP contribution < -0.4 is 16.4 Å². The van der Waals surface area contributed by atoms with Gasteiger partial charge in [0, 0.05) is 43.9 Å². The molecule has 0 aliphatic rings. The molecule has 0 aliphatic carbocycles. The summed E-state index contributed by atoms with van der Waals surface area (Å²) in [4.78, 5) is 15.4. The number of para-hydroxylation sites is 2. The molecule has 9 aromatic carbocycles. The first kappa shape index (κ1) is 38.2. The van der Waals surface area contributed by atoms with E-state index in [1.54, 1.807) is 0 Å². The fourth-order valence-electron chi connectivity index (χ4n) is 10.00. The van der Waals surface area contributed by atoms with Gasteiger partial charge in [-0.1, -0.05) is 174 Å². The molecule has 9 heteroatoms. The maximum absolute atomic E-state index is 11.4. The Bertz CT molecular complexity index is 3930. The highest BCUT2D eigenvalue weighted by atomic mass is 15.0. The molecule has 0 unspecified atom stereocenters. The Morgan fingerprint density at radius 3 is 1.68 bits per heavy atom. The first-order chi connectivity index (χ1) is 32.0. The van der Waals surface area contributed by atoms with Gasteiger partial charge in [0.2, 0.25) is 0 Å². The van der Waals surface area contributed by atoms with Gasteiger partial charge in [-0.15, -0.1) is 0 Å². The molecule has 12 rings (SSSR count). The molecular weight excluding hydrogens is 789 g/mol. The fraction of sp³-hybridized carbons (Fsp3) is 0. The Kier molecular flexibility index (Phi) is 8.89. The second-order valence-electron chi connectivity index (χ2n) is 16.8. The van der Waals surface area contributed by atoms with E-state index in [4.69, 9.17) is 15.0 Å². The van der Waals surface area contributed by atoms with Crippen LogP contribution in [-0.2, 0) is 0 Å². The van der Waals surface area contributed by atoms with Crippen molar-refractivity contribution < 1.29 is 0 Å². The van der Waals surface area contributed by atoms with Gasteiger partial charge in [0.25, 0.3) is 0 Å². The third kappa shape index (κ3) is 6.02. The van der Waals surface area contributed by atoms with Crippen molar-refractivity contribution in [3.8, 4) is 62.7 Å². The van der Waals surface area contributed by atoms with Crippen LogP contribution in [0, 0.1) is 11.3 Å². The minimum Gasteiger partial charge on any atom is -0.309 e. The number of rotatable bonds is 6. The van der Waals surface area contributed by atoms with Gasteiger partial charge >= 0.3 is 0 Å². The number of nitriles is 1. The van der Waals surface area contributed by atoms with Gasteiger partial charge in [-0.25, -0.2) is 15.0 Å². The van der Waals surface area contributed by atoms with Crippen molar-refractivity contribution in [2.24, 2.45) is 0 Å². The molecule has 0 saturated carbocycles. The first-order valence-corrected chi connectivity index (χ1v) is 21.9. The maximum Gasteiger partial charge on any atom is 0.164 e. The van der Waals surface area contributed by atoms with Crippen LogP contribution in [0.5, 0.6) is 0 Å². The Morgan fingerprint density at radius 1 is 0.415 bits per heavy atom. The predicted molar refractivity (Wildman–Crippen MR) is 277 cm³/mol. The number of fused-ring (bicyclic) bond motifs is 8. The Hall–Kier alpha value is -8.47. The molecule has 0 amide bonds. The second kappa shape index (κ2) is 15.1. The largest absolute Gasteiger partial charge is 0.309 e. The van der Waals surface area contributed by atoms with E-state index in [2.05, 4.69) is 183 Å². The normalized spacial score (nSPS) is 11.6. The van der Waals surface area contributed by atoms with Gasteiger partial charge in [0.1, 0.15) is 29.6 Å². The van der Waals surface area contributed by atoms with Crippen molar-refractivity contribution in [1.29, 1.82) is 5.26 Å². The summed E-state index contributed by atoms with van der Waals surface area (Å²) in [6.45, 7) is 0. The van der Waals surface area contributed by atoms with E-state index in [0.717, 1.165) is 99.2 Å². The van der Waals surface area contributed by atoms with Gasteiger partial charge in [0.15, 0.2) is 17.5 Å². The summed E-state index contributed by atoms with van der Waals surface area (Å²) in [5.74, 6) is 1.68. The summed E-state index contributed by atoms with van der Waals surface area (Å²) in [5.41, 5.74) is 14.5. The summed E-state index contributed by atoms with van der Waals surface area (Å²) in [6, 6.07) is 68.4. The van der Waals surface area contributed by atoms with E-state index in [1.807, 2.05) is 44.2 Å². The molecular formula is C56H37B3N6. The van der Waals surface area contributed by atoms with Crippen LogP contribution in [0.15, 0.2) is 188 Å². The molecule has 3 heterocycles. The average molecular weight is 826 g/mol. The van der Waals surface area contributed by atoms with E-state index >= 15 is 0 Å². The van der Waals surface area contributed by atoms with Gasteiger partial charge < -0.3 is 9.13 Å². The average Bonchev–Trinajstić information content (AvgIpc) is 3.88. The molecule has 0 spiro atoms. The number of nitrogens with zero attached hydrogens (tertiary/aromatic N) is 6. The lowest BCUT2D eigenvalue weighted by Gasteiger charge is -2.22. The lowest BCUT2D eigenvalue weighted by molar-refractivity contribution is 1.08. The Morgan fingerprint density at radius 2 is 0.969 bits per heavy atom. The molecule has 65 heavy (non-hydrogen) atoms. The summed E-state index contributed by atoms with van der Waals surface area (Å²) < 4.78 is 4.73. The lowest BCUT2D eigenvalue weighted by Crippen LogP contribution is -2.39.